The van der Waals surface area contributed by atoms with Crippen LogP contribution in [0.15, 0.2) is 41.8 Å². The van der Waals surface area contributed by atoms with Crippen molar-refractivity contribution >= 4 is 18.0 Å². The average molecular weight is 325 g/mol. The van der Waals surface area contributed by atoms with Gasteiger partial charge < -0.3 is 14.7 Å². The molecule has 1 atom stereocenters. The Morgan fingerprint density at radius 3 is 2.41 bits per heavy atom. The third kappa shape index (κ3) is 11.2. The fraction of sp³-hybridized carbons (Fsp3) is 0.471. The fourth-order valence-electron chi connectivity index (χ4n) is 1.34. The topological polar surface area (TPSA) is 61.5 Å². The molecule has 0 heterocycles. The van der Waals surface area contributed by atoms with E-state index in [0.29, 0.717) is 0 Å². The van der Waals surface area contributed by atoms with Gasteiger partial charge in [0.15, 0.2) is 0 Å². The van der Waals surface area contributed by atoms with Crippen LogP contribution in [0.5, 0.6) is 5.75 Å². The molecule has 5 heteroatoms. The van der Waals surface area contributed by atoms with Gasteiger partial charge in [0.1, 0.15) is 11.4 Å². The van der Waals surface area contributed by atoms with Crippen molar-refractivity contribution in [1.82, 2.24) is 0 Å². The van der Waals surface area contributed by atoms with E-state index in [9.17, 15) is 4.79 Å². The Kier molecular flexibility index (Phi) is 10.4. The molecule has 0 bridgehead atoms. The highest BCUT2D eigenvalue weighted by Crippen LogP contribution is 2.16. The van der Waals surface area contributed by atoms with Crippen LogP contribution >= 0.6 is 12.0 Å². The minimum atomic E-state index is -0.480. The average Bonchev–Trinajstić information content (AvgIpc) is 2.45. The van der Waals surface area contributed by atoms with Gasteiger partial charge in [0.2, 0.25) is 0 Å². The van der Waals surface area contributed by atoms with Crippen LogP contribution in [0.4, 0.5) is 0 Å². The van der Waals surface area contributed by atoms with E-state index in [1.165, 1.54) is 0 Å². The first-order chi connectivity index (χ1) is 10.4. The molecule has 0 fully saturated rings. The van der Waals surface area contributed by atoms with E-state index in [1.54, 1.807) is 11.5 Å². The van der Waals surface area contributed by atoms with Crippen molar-refractivity contribution in [1.29, 1.82) is 0 Å². The zero-order chi connectivity index (χ0) is 17.0. The van der Waals surface area contributed by atoms with Gasteiger partial charge in [-0.15, -0.1) is 0 Å². The van der Waals surface area contributed by atoms with Crippen molar-refractivity contribution in [2.45, 2.75) is 52.7 Å². The third-order valence-electron chi connectivity index (χ3n) is 2.09. The summed E-state index contributed by atoms with van der Waals surface area (Å²) < 4.78 is 10.6. The molecule has 22 heavy (non-hydrogen) atoms. The number of carbonyl (C=O) groups excluding carboxylic acids is 1. The van der Waals surface area contributed by atoms with Crippen LogP contribution in [0, 0.1) is 0 Å². The Hall–Kier alpha value is -1.46. The molecule has 0 radical (unpaired) electrons. The Morgan fingerprint density at radius 2 is 1.86 bits per heavy atom. The molecule has 0 aliphatic carbocycles. The van der Waals surface area contributed by atoms with Crippen LogP contribution in [-0.4, -0.2) is 17.6 Å². The van der Waals surface area contributed by atoms with Crippen molar-refractivity contribution in [2.75, 3.05) is 0 Å². The highest BCUT2D eigenvalue weighted by Gasteiger charge is 2.17. The number of hydrogen-bond donors (Lipinski definition) is 1. The lowest BCUT2D eigenvalue weighted by Gasteiger charge is -2.20. The first-order valence-corrected chi connectivity index (χ1v) is 8.20. The zero-order valence-corrected chi connectivity index (χ0v) is 14.9. The van der Waals surface area contributed by atoms with E-state index < -0.39 is 5.60 Å². The molecule has 1 aromatic rings. The second-order valence-electron chi connectivity index (χ2n) is 5.28. The Balaban J connectivity index is 0.00000211. The molecule has 1 unspecified atom stereocenters. The molecule has 4 nitrogen and oxygen atoms in total. The summed E-state index contributed by atoms with van der Waals surface area (Å²) in [6.07, 6.45) is 1.87. The van der Waals surface area contributed by atoms with Gasteiger partial charge in [-0.3, -0.25) is 4.79 Å². The summed E-state index contributed by atoms with van der Waals surface area (Å²) in [6.45, 7) is 9.49. The van der Waals surface area contributed by atoms with Gasteiger partial charge in [-0.1, -0.05) is 38.1 Å². The van der Waals surface area contributed by atoms with E-state index in [4.69, 9.17) is 14.7 Å². The monoisotopic (exact) mass is 325 g/mol. The van der Waals surface area contributed by atoms with Crippen LogP contribution in [0.1, 0.15) is 41.0 Å². The van der Waals surface area contributed by atoms with E-state index in [1.807, 2.05) is 65.0 Å². The van der Waals surface area contributed by atoms with Gasteiger partial charge in [0, 0.05) is 11.4 Å². The van der Waals surface area contributed by atoms with Crippen molar-refractivity contribution < 1.29 is 13.7 Å². The van der Waals surface area contributed by atoms with Gasteiger partial charge in [-0.25, -0.2) is 0 Å². The zero-order valence-electron chi connectivity index (χ0n) is 14.0. The van der Waals surface area contributed by atoms with Crippen molar-refractivity contribution in [3.8, 4) is 5.75 Å². The molecule has 1 rings (SSSR count). The summed E-state index contributed by atoms with van der Waals surface area (Å²) >= 11 is 1.16. The van der Waals surface area contributed by atoms with Gasteiger partial charge >= 0.3 is 5.97 Å². The summed E-state index contributed by atoms with van der Waals surface area (Å²) in [5, 5.41) is 1.72. The number of rotatable bonds is 6. The lowest BCUT2D eigenvalue weighted by Crippen LogP contribution is -2.29. The smallest absolute Gasteiger partial charge is 0.308 e. The quantitative estimate of drug-likeness (QED) is 0.623. The predicted molar refractivity (Wildman–Crippen MR) is 93.6 cm³/mol. The fourth-order valence-corrected chi connectivity index (χ4v) is 1.88. The molecule has 1 aromatic carbocycles. The summed E-state index contributed by atoms with van der Waals surface area (Å²) in [5.41, 5.74) is 5.34. The van der Waals surface area contributed by atoms with Crippen molar-refractivity contribution in [3.63, 3.8) is 0 Å². The molecule has 0 saturated heterocycles. The van der Waals surface area contributed by atoms with Gasteiger partial charge in [-0.05, 0) is 32.9 Å². The van der Waals surface area contributed by atoms with Crippen LogP contribution < -0.4 is 9.92 Å². The molecule has 0 aliphatic heterocycles. The minimum absolute atomic E-state index is 0.152. The molecule has 0 aromatic heterocycles. The van der Waals surface area contributed by atoms with Gasteiger partial charge in [0.25, 0.3) is 0 Å². The number of nitrogens with two attached hydrogens (primary N) is 1. The highest BCUT2D eigenvalue weighted by atomic mass is 32.2. The number of ether oxygens (including phenoxy) is 1. The predicted octanol–water partition coefficient (Wildman–Crippen LogP) is 4.31. The van der Waals surface area contributed by atoms with E-state index in [0.717, 1.165) is 17.8 Å². The van der Waals surface area contributed by atoms with E-state index in [-0.39, 0.29) is 18.4 Å². The van der Waals surface area contributed by atoms with Gasteiger partial charge in [-0.2, -0.15) is 0 Å². The first-order valence-electron chi connectivity index (χ1n) is 7.39. The van der Waals surface area contributed by atoms with Crippen LogP contribution in [-0.2, 0) is 9.53 Å². The largest absolute Gasteiger partial charge is 0.460 e. The van der Waals surface area contributed by atoms with Crippen LogP contribution in [0.25, 0.3) is 0 Å². The van der Waals surface area contributed by atoms with Crippen molar-refractivity contribution in [3.05, 3.63) is 41.8 Å². The molecule has 0 aliphatic rings. The summed E-state index contributed by atoms with van der Waals surface area (Å²) in [7, 11) is 0. The maximum Gasteiger partial charge on any atom is 0.308 e. The molecule has 0 amide bonds. The maximum absolute atomic E-state index is 11.5. The van der Waals surface area contributed by atoms with Crippen molar-refractivity contribution in [2.24, 2.45) is 5.73 Å². The number of hydrogen-bond acceptors (Lipinski definition) is 5. The molecule has 0 spiro atoms. The Morgan fingerprint density at radius 1 is 1.27 bits per heavy atom. The highest BCUT2D eigenvalue weighted by molar-refractivity contribution is 7.97. The molecule has 124 valence electrons. The summed E-state index contributed by atoms with van der Waals surface area (Å²) in [6, 6.07) is 9.06. The van der Waals surface area contributed by atoms with E-state index >= 15 is 0 Å². The molecular formula is C17H27NO3S. The number of carbonyl (C=O) groups is 1. The van der Waals surface area contributed by atoms with E-state index in [2.05, 4.69) is 0 Å². The van der Waals surface area contributed by atoms with Crippen LogP contribution in [0.2, 0.25) is 0 Å². The first kappa shape index (κ1) is 20.5. The molecule has 0 saturated carbocycles. The lowest BCUT2D eigenvalue weighted by atomic mass is 10.2. The normalized spacial score (nSPS) is 12.3. The van der Waals surface area contributed by atoms with Gasteiger partial charge in [0.05, 0.1) is 18.5 Å². The number of esters is 1. The number of para-hydroxylation sites is 1. The molecular weight excluding hydrogens is 298 g/mol. The standard InChI is InChI=1S/C15H21NO3S.C2H6/c1-15(2,3)18-14(17)11-12(16)9-10-20-19-13-7-5-4-6-8-13;1-2/h4-10,12H,11,16H2,1-3H3;1-2H3/b10-9+;. The third-order valence-corrected chi connectivity index (χ3v) is 2.65. The Bertz CT molecular complexity index is 441. The maximum atomic E-state index is 11.5. The summed E-state index contributed by atoms with van der Waals surface area (Å²) in [5.74, 6) is 0.464. The van der Waals surface area contributed by atoms with Crippen LogP contribution in [0.3, 0.4) is 0 Å². The minimum Gasteiger partial charge on any atom is -0.460 e. The summed E-state index contributed by atoms with van der Waals surface area (Å²) in [4.78, 5) is 11.5. The lowest BCUT2D eigenvalue weighted by molar-refractivity contribution is -0.154. The SMILES string of the molecule is CC.CC(C)(C)OC(=O)CC(N)/C=C/SOc1ccccc1. The Labute approximate surface area is 138 Å². The second-order valence-corrected chi connectivity index (χ2v) is 5.91. The second kappa shape index (κ2) is 11.2. The molecule has 2 N–H and O–H groups in total. The number of benzene rings is 1.